The summed E-state index contributed by atoms with van der Waals surface area (Å²) < 4.78 is 21.3. The first-order valence-corrected chi connectivity index (χ1v) is 14.2. The minimum absolute atomic E-state index is 0.00314. The average molecular weight is 568 g/mol. The fourth-order valence-corrected chi connectivity index (χ4v) is 5.49. The zero-order chi connectivity index (χ0) is 29.5. The highest BCUT2D eigenvalue weighted by atomic mass is 16.6. The molecular weight excluding hydrogens is 522 g/mol. The third-order valence-electron chi connectivity index (χ3n) is 7.51. The lowest BCUT2D eigenvalue weighted by Gasteiger charge is -2.39. The van der Waals surface area contributed by atoms with Crippen molar-refractivity contribution in [1.29, 1.82) is 5.41 Å². The second-order valence-corrected chi connectivity index (χ2v) is 11.6. The summed E-state index contributed by atoms with van der Waals surface area (Å²) in [6, 6.07) is -0.00882. The highest BCUT2D eigenvalue weighted by Gasteiger charge is 2.46. The van der Waals surface area contributed by atoms with Crippen LogP contribution in [0.2, 0.25) is 0 Å². The molecule has 3 fully saturated rings. The van der Waals surface area contributed by atoms with Crippen LogP contribution in [-0.4, -0.2) is 115 Å². The number of carbonyl (C=O) groups is 4. The average Bonchev–Trinajstić information content (AvgIpc) is 3.24. The van der Waals surface area contributed by atoms with E-state index in [1.54, 1.807) is 44.4 Å². The minimum Gasteiger partial charge on any atom is -0.466 e. The number of likely N-dealkylation sites (tertiary alicyclic amines) is 2. The van der Waals surface area contributed by atoms with E-state index >= 15 is 0 Å². The zero-order valence-corrected chi connectivity index (χ0v) is 24.5. The van der Waals surface area contributed by atoms with Gasteiger partial charge in [-0.1, -0.05) is 0 Å². The summed E-state index contributed by atoms with van der Waals surface area (Å²) in [7, 11) is 0. The molecule has 40 heavy (non-hydrogen) atoms. The third-order valence-corrected chi connectivity index (χ3v) is 7.51. The Hall–Kier alpha value is -3.09. The topological polar surface area (TPSA) is 151 Å². The predicted molar refractivity (Wildman–Crippen MR) is 145 cm³/mol. The van der Waals surface area contributed by atoms with E-state index in [1.165, 1.54) is 0 Å². The summed E-state index contributed by atoms with van der Waals surface area (Å²) >= 11 is 0. The molecule has 0 aromatic carbocycles. The van der Waals surface area contributed by atoms with Gasteiger partial charge in [-0.25, -0.2) is 9.59 Å². The largest absolute Gasteiger partial charge is 0.466 e. The number of piperidine rings is 2. The summed E-state index contributed by atoms with van der Waals surface area (Å²) in [6.45, 7) is 12.5. The maximum absolute atomic E-state index is 12.8. The molecule has 1 unspecified atom stereocenters. The molecule has 0 bridgehead atoms. The van der Waals surface area contributed by atoms with E-state index in [4.69, 9.17) is 24.4 Å². The normalized spacial score (nSPS) is 21.9. The van der Waals surface area contributed by atoms with Gasteiger partial charge in [0.1, 0.15) is 11.7 Å². The van der Waals surface area contributed by atoms with Crippen LogP contribution in [0.15, 0.2) is 0 Å². The van der Waals surface area contributed by atoms with Gasteiger partial charge in [0, 0.05) is 25.7 Å². The van der Waals surface area contributed by atoms with Crippen LogP contribution in [0.1, 0.15) is 66.7 Å². The smallest absolute Gasteiger partial charge is 0.414 e. The number of nitrogens with zero attached hydrogens (tertiary/aromatic N) is 3. The second kappa shape index (κ2) is 13.5. The molecule has 3 heterocycles. The molecule has 0 aliphatic carbocycles. The lowest BCUT2D eigenvalue weighted by atomic mass is 9.75. The molecule has 3 saturated heterocycles. The minimum atomic E-state index is -0.892. The molecule has 0 aromatic rings. The first-order valence-electron chi connectivity index (χ1n) is 14.2. The number of hydrogen-bond acceptors (Lipinski definition) is 10. The molecule has 2 N–H and O–H groups in total. The summed E-state index contributed by atoms with van der Waals surface area (Å²) in [5, 5.41) is 10.7. The lowest BCUT2D eigenvalue weighted by Crippen LogP contribution is -2.52. The number of esters is 2. The van der Waals surface area contributed by atoms with E-state index < -0.39 is 23.1 Å². The molecule has 0 spiro atoms. The first kappa shape index (κ1) is 31.4. The first-order chi connectivity index (χ1) is 18.9. The van der Waals surface area contributed by atoms with Crippen LogP contribution in [0.5, 0.6) is 0 Å². The van der Waals surface area contributed by atoms with Crippen LogP contribution >= 0.6 is 0 Å². The van der Waals surface area contributed by atoms with Crippen LogP contribution in [0.4, 0.5) is 9.59 Å². The van der Waals surface area contributed by atoms with Crippen LogP contribution in [0.25, 0.3) is 0 Å². The summed E-state index contributed by atoms with van der Waals surface area (Å²) in [5.74, 6) is -0.769. The fraction of sp³-hybridized carbons (Fsp3) is 0.815. The van der Waals surface area contributed by atoms with E-state index in [9.17, 15) is 19.2 Å². The molecule has 0 aromatic heterocycles. The summed E-state index contributed by atoms with van der Waals surface area (Å²) in [5.41, 5.74) is -1.54. The van der Waals surface area contributed by atoms with Crippen LogP contribution in [0, 0.1) is 10.8 Å². The maximum Gasteiger partial charge on any atom is 0.414 e. The standard InChI is InChI=1S/C27H45N5O8/c1-6-37-21(33)16-27(22(34)38-7-2)10-14-30(15-11-27)17-20-18-32(25(36)39-20)19-8-12-31(13-9-19)23(28)29-24(35)40-26(3,4)5/h19-20H,6-18H2,1-5H3,(H2,28,29,35). The van der Waals surface area contributed by atoms with Gasteiger partial charge in [0.05, 0.1) is 31.6 Å². The maximum atomic E-state index is 12.8. The quantitative estimate of drug-likeness (QED) is 0.194. The monoisotopic (exact) mass is 567 g/mol. The van der Waals surface area contributed by atoms with Gasteiger partial charge in [0.15, 0.2) is 0 Å². The van der Waals surface area contributed by atoms with Crippen molar-refractivity contribution in [2.45, 2.75) is 84.5 Å². The SMILES string of the molecule is CCOC(=O)CC1(C(=O)OCC)CCN(CC2CN(C3CCN(C(=N)NC(=O)OC(C)(C)C)CC3)C(=O)O2)CC1. The van der Waals surface area contributed by atoms with Gasteiger partial charge < -0.3 is 28.7 Å². The van der Waals surface area contributed by atoms with Gasteiger partial charge in [-0.2, -0.15) is 0 Å². The van der Waals surface area contributed by atoms with Gasteiger partial charge in [-0.15, -0.1) is 0 Å². The van der Waals surface area contributed by atoms with E-state index in [2.05, 4.69) is 10.2 Å². The molecule has 1 atom stereocenters. The molecule has 3 aliphatic rings. The van der Waals surface area contributed by atoms with Gasteiger partial charge in [0.2, 0.25) is 5.96 Å². The number of alkyl carbamates (subject to hydrolysis) is 1. The van der Waals surface area contributed by atoms with Crippen LogP contribution in [0.3, 0.4) is 0 Å². The Balaban J connectivity index is 1.46. The number of ether oxygens (including phenoxy) is 4. The van der Waals surface area contributed by atoms with Gasteiger partial charge in [-0.05, 0) is 73.4 Å². The highest BCUT2D eigenvalue weighted by molar-refractivity contribution is 5.92. The van der Waals surface area contributed by atoms with Gasteiger partial charge in [-0.3, -0.25) is 25.2 Å². The fourth-order valence-electron chi connectivity index (χ4n) is 5.49. The van der Waals surface area contributed by atoms with Crippen molar-refractivity contribution in [3.05, 3.63) is 0 Å². The molecule has 13 nitrogen and oxygen atoms in total. The van der Waals surface area contributed by atoms with Crippen molar-refractivity contribution < 1.29 is 38.1 Å². The molecule has 0 radical (unpaired) electrons. The van der Waals surface area contributed by atoms with Crippen LogP contribution < -0.4 is 5.32 Å². The van der Waals surface area contributed by atoms with Crippen molar-refractivity contribution in [1.82, 2.24) is 20.0 Å². The van der Waals surface area contributed by atoms with Gasteiger partial charge >= 0.3 is 24.1 Å². The predicted octanol–water partition coefficient (Wildman–Crippen LogP) is 2.33. The Morgan fingerprint density at radius 3 is 2.25 bits per heavy atom. The number of guanidine groups is 1. The number of nitrogens with one attached hydrogen (secondary N) is 2. The van der Waals surface area contributed by atoms with E-state index in [0.29, 0.717) is 65.0 Å². The number of cyclic esters (lactones) is 1. The van der Waals surface area contributed by atoms with Crippen molar-refractivity contribution in [2.24, 2.45) is 5.41 Å². The molecule has 3 aliphatic heterocycles. The van der Waals surface area contributed by atoms with E-state index in [-0.39, 0.29) is 49.8 Å². The van der Waals surface area contributed by atoms with Crippen molar-refractivity contribution >= 4 is 30.1 Å². The van der Waals surface area contributed by atoms with Crippen molar-refractivity contribution in [2.75, 3.05) is 52.5 Å². The molecule has 3 rings (SSSR count). The molecule has 2 amide bonds. The molecule has 226 valence electrons. The lowest BCUT2D eigenvalue weighted by molar-refractivity contribution is -0.165. The van der Waals surface area contributed by atoms with E-state index in [0.717, 1.165) is 0 Å². The Kier molecular flexibility index (Phi) is 10.6. The molecule has 0 saturated carbocycles. The number of amides is 2. The van der Waals surface area contributed by atoms with E-state index in [1.807, 2.05) is 0 Å². The zero-order valence-electron chi connectivity index (χ0n) is 24.5. The second-order valence-electron chi connectivity index (χ2n) is 11.6. The highest BCUT2D eigenvalue weighted by Crippen LogP contribution is 2.37. The Morgan fingerprint density at radius 2 is 1.68 bits per heavy atom. The Labute approximate surface area is 236 Å². The van der Waals surface area contributed by atoms with Crippen molar-refractivity contribution in [3.63, 3.8) is 0 Å². The summed E-state index contributed by atoms with van der Waals surface area (Å²) in [4.78, 5) is 55.4. The van der Waals surface area contributed by atoms with Gasteiger partial charge in [0.25, 0.3) is 0 Å². The number of carbonyl (C=O) groups excluding carboxylic acids is 4. The molecular formula is C27H45N5O8. The third kappa shape index (κ3) is 8.45. The number of rotatable bonds is 8. The van der Waals surface area contributed by atoms with Crippen molar-refractivity contribution in [3.8, 4) is 0 Å². The Morgan fingerprint density at radius 1 is 1.05 bits per heavy atom. The summed E-state index contributed by atoms with van der Waals surface area (Å²) in [6.07, 6.45) is 0.947. The number of hydrogen-bond donors (Lipinski definition) is 2. The van der Waals surface area contributed by atoms with Crippen LogP contribution in [-0.2, 0) is 28.5 Å². The molecule has 13 heteroatoms. The Bertz CT molecular complexity index is 936.